The van der Waals surface area contributed by atoms with Crippen LogP contribution in [0.2, 0.25) is 0 Å². The van der Waals surface area contributed by atoms with E-state index >= 15 is 0 Å². The molecule has 0 aromatic heterocycles. The lowest BCUT2D eigenvalue weighted by molar-refractivity contribution is -0.143. The molecule has 2 aromatic rings. The molecule has 1 unspecified atom stereocenters. The second-order valence-corrected chi connectivity index (χ2v) is 6.93. The molecular weight excluding hydrogens is 404 g/mol. The van der Waals surface area contributed by atoms with E-state index in [4.69, 9.17) is 19.4 Å². The Morgan fingerprint density at radius 3 is 2.19 bits per heavy atom. The Hall–Kier alpha value is -3.43. The van der Waals surface area contributed by atoms with Crippen molar-refractivity contribution in [2.45, 2.75) is 18.4 Å². The summed E-state index contributed by atoms with van der Waals surface area (Å²) in [6.07, 6.45) is -1.51. The number of amides is 2. The van der Waals surface area contributed by atoms with Crippen LogP contribution in [0, 0.1) is 0 Å². The molecule has 1 atom stereocenters. The third-order valence-corrected chi connectivity index (χ3v) is 4.89. The van der Waals surface area contributed by atoms with Crippen LogP contribution in [0.3, 0.4) is 0 Å². The van der Waals surface area contributed by atoms with E-state index in [1.165, 1.54) is 7.11 Å². The lowest BCUT2D eigenvalue weighted by Crippen LogP contribution is -2.48. The fraction of sp³-hybridized carbons (Fsp3) is 0.318. The number of rotatable bonds is 10. The van der Waals surface area contributed by atoms with Crippen molar-refractivity contribution in [3.05, 3.63) is 59.7 Å². The number of carboxylic acid groups (broad SMARTS) is 1. The van der Waals surface area contributed by atoms with Crippen LogP contribution < -0.4 is 10.8 Å². The highest BCUT2D eigenvalue weighted by molar-refractivity contribution is 5.88. The zero-order valence-electron chi connectivity index (χ0n) is 17.0. The van der Waals surface area contributed by atoms with Gasteiger partial charge in [-0.05, 0) is 22.3 Å². The molecule has 0 bridgehead atoms. The molecule has 2 aromatic carbocycles. The molecule has 31 heavy (non-hydrogen) atoms. The topological polar surface area (TPSA) is 123 Å². The van der Waals surface area contributed by atoms with E-state index in [9.17, 15) is 14.4 Å². The van der Waals surface area contributed by atoms with E-state index in [1.807, 2.05) is 48.5 Å². The zero-order valence-corrected chi connectivity index (χ0v) is 17.0. The van der Waals surface area contributed by atoms with Gasteiger partial charge in [0.05, 0.1) is 19.6 Å². The molecule has 0 heterocycles. The number of alkyl carbamates (subject to hydrolysis) is 1. The van der Waals surface area contributed by atoms with Crippen molar-refractivity contribution in [3.8, 4) is 11.1 Å². The van der Waals surface area contributed by atoms with Crippen molar-refractivity contribution in [1.29, 1.82) is 0 Å². The Bertz CT molecular complexity index is 901. The van der Waals surface area contributed by atoms with Crippen LogP contribution >= 0.6 is 0 Å². The lowest BCUT2D eigenvalue weighted by atomic mass is 9.98. The van der Waals surface area contributed by atoms with Gasteiger partial charge in [-0.15, -0.1) is 0 Å². The molecular formula is C22H24N2O7. The summed E-state index contributed by atoms with van der Waals surface area (Å²) in [4.78, 5) is 40.5. The van der Waals surface area contributed by atoms with Crippen LogP contribution in [0.1, 0.15) is 23.5 Å². The van der Waals surface area contributed by atoms with E-state index in [1.54, 1.807) is 0 Å². The van der Waals surface area contributed by atoms with Gasteiger partial charge in [0.15, 0.2) is 0 Å². The summed E-state index contributed by atoms with van der Waals surface area (Å²) in [7, 11) is 1.47. The van der Waals surface area contributed by atoms with Crippen molar-refractivity contribution in [3.63, 3.8) is 0 Å². The number of hydrogen-bond acceptors (Lipinski definition) is 6. The summed E-state index contributed by atoms with van der Waals surface area (Å²) in [5, 5.41) is 11.3. The standard InChI is InChI=1S/C22H24N2O7/c1-29-10-11-31-24-21(27)19(12-20(25)26)23-22(28)30-13-18-16-8-4-2-6-14(16)15-7-3-5-9-17(15)18/h2-9,18-19H,10-13H2,1H3,(H,23,28)(H,24,27)(H,25,26). The number of nitrogens with one attached hydrogen (secondary N) is 2. The SMILES string of the molecule is COCCONC(=O)C(CC(=O)O)NC(=O)OCC1c2ccccc2-c2ccccc21. The third kappa shape index (κ3) is 5.59. The molecule has 9 heteroatoms. The normalized spacial score (nSPS) is 13.1. The summed E-state index contributed by atoms with van der Waals surface area (Å²) in [6, 6.07) is 14.4. The molecule has 164 valence electrons. The van der Waals surface area contributed by atoms with Crippen LogP contribution in [0.4, 0.5) is 4.79 Å². The van der Waals surface area contributed by atoms with Crippen LogP contribution in [0.15, 0.2) is 48.5 Å². The van der Waals surface area contributed by atoms with Crippen molar-refractivity contribution < 1.29 is 33.8 Å². The minimum atomic E-state index is -1.35. The molecule has 2 amide bonds. The molecule has 3 N–H and O–H groups in total. The van der Waals surface area contributed by atoms with Crippen LogP contribution in [-0.4, -0.2) is 56.0 Å². The molecule has 3 rings (SSSR count). The maximum absolute atomic E-state index is 12.3. The molecule has 9 nitrogen and oxygen atoms in total. The van der Waals surface area contributed by atoms with Gasteiger partial charge < -0.3 is 19.9 Å². The van der Waals surface area contributed by atoms with E-state index in [2.05, 4.69) is 10.8 Å². The predicted octanol–water partition coefficient (Wildman–Crippen LogP) is 2.06. The van der Waals surface area contributed by atoms with Gasteiger partial charge in [0, 0.05) is 13.0 Å². The number of hydrogen-bond donors (Lipinski definition) is 3. The minimum Gasteiger partial charge on any atom is -0.481 e. The van der Waals surface area contributed by atoms with Gasteiger partial charge in [-0.1, -0.05) is 48.5 Å². The summed E-state index contributed by atoms with van der Waals surface area (Å²) in [6.45, 7) is 0.363. The summed E-state index contributed by atoms with van der Waals surface area (Å²) < 4.78 is 10.1. The minimum absolute atomic E-state index is 0.0472. The molecule has 0 aliphatic heterocycles. The number of carboxylic acids is 1. The van der Waals surface area contributed by atoms with E-state index in [0.29, 0.717) is 0 Å². The quantitative estimate of drug-likeness (QED) is 0.391. The fourth-order valence-corrected chi connectivity index (χ4v) is 3.48. The van der Waals surface area contributed by atoms with Gasteiger partial charge in [0.25, 0.3) is 5.91 Å². The third-order valence-electron chi connectivity index (χ3n) is 4.89. The monoisotopic (exact) mass is 428 g/mol. The molecule has 0 spiro atoms. The Balaban J connectivity index is 1.61. The van der Waals surface area contributed by atoms with Crippen molar-refractivity contribution in [2.75, 3.05) is 26.9 Å². The highest BCUT2D eigenvalue weighted by Gasteiger charge is 2.30. The zero-order chi connectivity index (χ0) is 22.2. The van der Waals surface area contributed by atoms with Gasteiger partial charge in [-0.25, -0.2) is 10.3 Å². The highest BCUT2D eigenvalue weighted by atomic mass is 16.7. The number of fused-ring (bicyclic) bond motifs is 3. The number of carbonyl (C=O) groups excluding carboxylic acids is 2. The Morgan fingerprint density at radius 1 is 1.00 bits per heavy atom. The first-order valence-electron chi connectivity index (χ1n) is 9.75. The summed E-state index contributed by atoms with van der Waals surface area (Å²) >= 11 is 0. The highest BCUT2D eigenvalue weighted by Crippen LogP contribution is 2.44. The molecule has 0 saturated heterocycles. The lowest BCUT2D eigenvalue weighted by Gasteiger charge is -2.18. The summed E-state index contributed by atoms with van der Waals surface area (Å²) in [5.74, 6) is -2.20. The number of aliphatic carboxylic acids is 1. The first-order chi connectivity index (χ1) is 15.0. The van der Waals surface area contributed by atoms with Gasteiger partial charge in [0.1, 0.15) is 12.6 Å². The Morgan fingerprint density at radius 2 is 1.61 bits per heavy atom. The van der Waals surface area contributed by atoms with Crippen LogP contribution in [0.5, 0.6) is 0 Å². The van der Waals surface area contributed by atoms with Crippen molar-refractivity contribution in [2.24, 2.45) is 0 Å². The molecule has 0 saturated carbocycles. The van der Waals surface area contributed by atoms with Gasteiger partial charge in [0.2, 0.25) is 0 Å². The first-order valence-corrected chi connectivity index (χ1v) is 9.75. The van der Waals surface area contributed by atoms with Crippen molar-refractivity contribution in [1.82, 2.24) is 10.8 Å². The van der Waals surface area contributed by atoms with E-state index in [0.717, 1.165) is 22.3 Å². The average molecular weight is 428 g/mol. The van der Waals surface area contributed by atoms with Crippen LogP contribution in [0.25, 0.3) is 11.1 Å². The smallest absolute Gasteiger partial charge is 0.407 e. The average Bonchev–Trinajstić information content (AvgIpc) is 3.08. The molecule has 0 radical (unpaired) electrons. The largest absolute Gasteiger partial charge is 0.481 e. The molecule has 1 aliphatic rings. The predicted molar refractivity (Wildman–Crippen MR) is 110 cm³/mol. The van der Waals surface area contributed by atoms with Gasteiger partial charge in [-0.3, -0.25) is 14.4 Å². The number of benzene rings is 2. The van der Waals surface area contributed by atoms with Crippen LogP contribution in [-0.2, 0) is 23.9 Å². The summed E-state index contributed by atoms with van der Waals surface area (Å²) in [5.41, 5.74) is 6.36. The Labute approximate surface area is 179 Å². The second-order valence-electron chi connectivity index (χ2n) is 6.93. The number of carbonyl (C=O) groups is 3. The van der Waals surface area contributed by atoms with Crippen molar-refractivity contribution >= 4 is 18.0 Å². The second kappa shape index (κ2) is 10.6. The Kier molecular flexibility index (Phi) is 7.58. The molecule has 0 fully saturated rings. The first kappa shape index (κ1) is 22.3. The molecule has 1 aliphatic carbocycles. The van der Waals surface area contributed by atoms with E-state index in [-0.39, 0.29) is 25.7 Å². The fourth-order valence-electron chi connectivity index (χ4n) is 3.48. The van der Waals surface area contributed by atoms with Gasteiger partial charge in [-0.2, -0.15) is 0 Å². The number of methoxy groups -OCH3 is 1. The maximum Gasteiger partial charge on any atom is 0.407 e. The number of ether oxygens (including phenoxy) is 2. The number of hydroxylamine groups is 1. The van der Waals surface area contributed by atoms with E-state index < -0.39 is 30.4 Å². The maximum atomic E-state index is 12.3. The van der Waals surface area contributed by atoms with Gasteiger partial charge >= 0.3 is 12.1 Å².